The molecule has 1 aliphatic heterocycles. The summed E-state index contributed by atoms with van der Waals surface area (Å²) in [6.45, 7) is 23.5. The third-order valence-electron chi connectivity index (χ3n) is 21.7. The number of nitrogens with zero attached hydrogens (tertiary/aromatic N) is 1. The lowest BCUT2D eigenvalue weighted by Crippen LogP contribution is -2.68. The van der Waals surface area contributed by atoms with Crippen molar-refractivity contribution in [2.45, 2.75) is 176 Å². The standard InChI is InChI=1S/C56H85NO8/c1-50(2)41(36-45(50)64-46(58)35-37-13-11-10-12-14-37)48(59)65-44-19-22-53(6)42(51(44,3)4)18-23-55(8)43(53)16-15-40-47-39(52(5)25-26-52)17-24-56(47,28-27-54(40,55)7)49(60)57-29-20-38(21-30-57)63-34-33-62-32-31-61-9/h10-14,38-45,47H,15-36H2,1-9H3/t39-,40-,41-,42+,43-,44+,45-,47-,53+,54-,55-,56+/m1/s1. The number of rotatable bonds is 14. The van der Waals surface area contributed by atoms with Crippen molar-refractivity contribution in [3.63, 3.8) is 0 Å². The maximum Gasteiger partial charge on any atom is 0.310 e. The maximum atomic E-state index is 15.3. The summed E-state index contributed by atoms with van der Waals surface area (Å²) < 4.78 is 29.6. The zero-order chi connectivity index (χ0) is 46.2. The lowest BCUT2D eigenvalue weighted by atomic mass is 9.32. The van der Waals surface area contributed by atoms with Gasteiger partial charge in [0, 0.05) is 31.0 Å². The minimum absolute atomic E-state index is 0.117. The van der Waals surface area contributed by atoms with Crippen LogP contribution in [-0.2, 0) is 44.5 Å². The van der Waals surface area contributed by atoms with Gasteiger partial charge >= 0.3 is 11.9 Å². The summed E-state index contributed by atoms with van der Waals surface area (Å²) in [5.41, 5.74) is 1.01. The Kier molecular flexibility index (Phi) is 12.8. The van der Waals surface area contributed by atoms with Gasteiger partial charge in [-0.15, -0.1) is 0 Å². The number of fused-ring (bicyclic) bond motifs is 7. The van der Waals surface area contributed by atoms with E-state index in [1.54, 1.807) is 7.11 Å². The average molecular weight is 900 g/mol. The number of esters is 2. The van der Waals surface area contributed by atoms with Crippen molar-refractivity contribution in [3.05, 3.63) is 35.9 Å². The molecule has 9 heteroatoms. The fourth-order valence-corrected chi connectivity index (χ4v) is 17.2. The van der Waals surface area contributed by atoms with Gasteiger partial charge in [0.15, 0.2) is 0 Å². The summed E-state index contributed by atoms with van der Waals surface area (Å²) in [5.74, 6) is 2.60. The second-order valence-electron chi connectivity index (χ2n) is 25.2. The summed E-state index contributed by atoms with van der Waals surface area (Å²) in [4.78, 5) is 44.5. The zero-order valence-corrected chi connectivity index (χ0v) is 41.9. The van der Waals surface area contributed by atoms with Crippen LogP contribution in [0.3, 0.4) is 0 Å². The van der Waals surface area contributed by atoms with E-state index in [0.29, 0.717) is 73.8 Å². The summed E-state index contributed by atoms with van der Waals surface area (Å²) in [6, 6.07) is 9.71. The van der Waals surface area contributed by atoms with Crippen molar-refractivity contribution < 1.29 is 38.1 Å². The Morgan fingerprint density at radius 2 is 1.37 bits per heavy atom. The molecule has 9 rings (SSSR count). The van der Waals surface area contributed by atoms with Gasteiger partial charge in [-0.1, -0.05) is 85.7 Å². The fraction of sp³-hybridized carbons (Fsp3) is 0.839. The fourth-order valence-electron chi connectivity index (χ4n) is 17.2. The molecule has 8 fully saturated rings. The van der Waals surface area contributed by atoms with Crippen LogP contribution in [0.1, 0.15) is 157 Å². The highest BCUT2D eigenvalue weighted by Gasteiger charge is 2.74. The van der Waals surface area contributed by atoms with E-state index in [2.05, 4.69) is 60.3 Å². The van der Waals surface area contributed by atoms with Crippen LogP contribution in [0.4, 0.5) is 0 Å². The third-order valence-corrected chi connectivity index (χ3v) is 21.7. The van der Waals surface area contributed by atoms with Crippen LogP contribution in [0.15, 0.2) is 30.3 Å². The quantitative estimate of drug-likeness (QED) is 0.134. The number of likely N-dealkylation sites (tertiary alicyclic amines) is 1. The first-order valence-corrected chi connectivity index (χ1v) is 26.3. The SMILES string of the molecule is COCCOCCOC1CCN(C(=O)[C@]23CC[C@@H](C4(C)CC4)[C@@H]2[C@H]2CC[C@@H]4[C@@]5(C)CC[C@H](OC(=O)[C@H]6C[C@@H](OC(=O)Cc7ccccc7)C6(C)C)C(C)(C)[C@@H]5CC[C@@]4(C)[C@]2(C)CC3)CC1. The zero-order valence-electron chi connectivity index (χ0n) is 41.9. The van der Waals surface area contributed by atoms with Crippen molar-refractivity contribution in [3.8, 4) is 0 Å². The smallest absolute Gasteiger partial charge is 0.310 e. The molecule has 0 spiro atoms. The number of hydrogen-bond donors (Lipinski definition) is 0. The molecule has 1 aromatic rings. The first-order chi connectivity index (χ1) is 30.8. The number of amides is 1. The van der Waals surface area contributed by atoms with E-state index in [4.69, 9.17) is 23.7 Å². The molecule has 7 saturated carbocycles. The molecule has 1 saturated heterocycles. The van der Waals surface area contributed by atoms with Gasteiger partial charge in [0.25, 0.3) is 0 Å². The topological polar surface area (TPSA) is 101 Å². The number of methoxy groups -OCH3 is 1. The Labute approximate surface area is 391 Å². The van der Waals surface area contributed by atoms with Gasteiger partial charge in [0.1, 0.15) is 12.2 Å². The van der Waals surface area contributed by atoms with Crippen LogP contribution in [-0.4, -0.2) is 87.7 Å². The van der Waals surface area contributed by atoms with Crippen LogP contribution < -0.4 is 0 Å². The van der Waals surface area contributed by atoms with Gasteiger partial charge in [-0.25, -0.2) is 0 Å². The molecular formula is C56H85NO8. The summed E-state index contributed by atoms with van der Waals surface area (Å²) in [7, 11) is 1.69. The maximum absolute atomic E-state index is 15.3. The van der Waals surface area contributed by atoms with Crippen molar-refractivity contribution in [1.82, 2.24) is 4.90 Å². The Hall–Kier alpha value is -2.49. The number of hydrogen-bond acceptors (Lipinski definition) is 8. The molecule has 7 aliphatic carbocycles. The molecule has 12 atom stereocenters. The van der Waals surface area contributed by atoms with Crippen LogP contribution in [0.25, 0.3) is 0 Å². The summed E-state index contributed by atoms with van der Waals surface area (Å²) in [6.07, 6.45) is 16.3. The van der Waals surface area contributed by atoms with Gasteiger partial charge in [-0.3, -0.25) is 14.4 Å². The molecule has 65 heavy (non-hydrogen) atoms. The highest BCUT2D eigenvalue weighted by atomic mass is 16.6. The van der Waals surface area contributed by atoms with Gasteiger partial charge in [0.05, 0.1) is 50.3 Å². The predicted molar refractivity (Wildman–Crippen MR) is 252 cm³/mol. The molecule has 1 aromatic carbocycles. The Morgan fingerprint density at radius 1 is 0.646 bits per heavy atom. The van der Waals surface area contributed by atoms with Gasteiger partial charge in [-0.2, -0.15) is 0 Å². The van der Waals surface area contributed by atoms with Crippen LogP contribution in [0.2, 0.25) is 0 Å². The molecule has 0 aromatic heterocycles. The molecule has 9 nitrogen and oxygen atoms in total. The molecule has 1 heterocycles. The van der Waals surface area contributed by atoms with Crippen molar-refractivity contribution >= 4 is 17.8 Å². The number of ether oxygens (including phenoxy) is 5. The second kappa shape index (κ2) is 17.5. The van der Waals surface area contributed by atoms with Crippen molar-refractivity contribution in [1.29, 1.82) is 0 Å². The molecule has 8 aliphatic rings. The molecule has 362 valence electrons. The average Bonchev–Trinajstić information content (AvgIpc) is 3.89. The summed E-state index contributed by atoms with van der Waals surface area (Å²) >= 11 is 0. The van der Waals surface area contributed by atoms with Crippen molar-refractivity contribution in [2.75, 3.05) is 46.6 Å². The minimum Gasteiger partial charge on any atom is -0.462 e. The van der Waals surface area contributed by atoms with E-state index < -0.39 is 5.41 Å². The van der Waals surface area contributed by atoms with Crippen molar-refractivity contribution in [2.24, 2.45) is 73.4 Å². The number of benzene rings is 1. The number of carbonyl (C=O) groups excluding carboxylic acids is 3. The van der Waals surface area contributed by atoms with Gasteiger partial charge < -0.3 is 28.6 Å². The van der Waals surface area contributed by atoms with E-state index in [0.717, 1.165) is 70.0 Å². The highest BCUT2D eigenvalue weighted by Crippen LogP contribution is 2.79. The monoisotopic (exact) mass is 900 g/mol. The molecule has 1 amide bonds. The largest absolute Gasteiger partial charge is 0.462 e. The normalized spacial score (nSPS) is 41.2. The first-order valence-electron chi connectivity index (χ1n) is 26.3. The molecular weight excluding hydrogens is 815 g/mol. The number of carbonyl (C=O) groups is 3. The molecule has 0 bridgehead atoms. The third kappa shape index (κ3) is 7.95. The predicted octanol–water partition coefficient (Wildman–Crippen LogP) is 10.7. The first kappa shape index (κ1) is 47.6. The minimum atomic E-state index is -0.471. The van der Waals surface area contributed by atoms with E-state index in [1.807, 2.05) is 30.3 Å². The van der Waals surface area contributed by atoms with Gasteiger partial charge in [0.2, 0.25) is 5.91 Å². The highest BCUT2D eigenvalue weighted by molar-refractivity contribution is 5.84. The molecule has 0 unspecified atom stereocenters. The van der Waals surface area contributed by atoms with Crippen LogP contribution in [0.5, 0.6) is 0 Å². The lowest BCUT2D eigenvalue weighted by Gasteiger charge is -2.73. The lowest BCUT2D eigenvalue weighted by molar-refractivity contribution is -0.253. The Balaban J connectivity index is 0.862. The Bertz CT molecular complexity index is 1900. The van der Waals surface area contributed by atoms with E-state index in [-0.39, 0.29) is 69.7 Å². The molecule has 0 N–H and O–H groups in total. The van der Waals surface area contributed by atoms with E-state index >= 15 is 4.79 Å². The van der Waals surface area contributed by atoms with Gasteiger partial charge in [-0.05, 0) is 153 Å². The molecule has 0 radical (unpaired) electrons. The van der Waals surface area contributed by atoms with Crippen LogP contribution in [0, 0.1) is 73.4 Å². The van der Waals surface area contributed by atoms with E-state index in [1.165, 1.54) is 38.5 Å². The van der Waals surface area contributed by atoms with E-state index in [9.17, 15) is 9.59 Å². The second-order valence-corrected chi connectivity index (χ2v) is 25.2. The Morgan fingerprint density at radius 3 is 2.06 bits per heavy atom. The number of piperidine rings is 1. The van der Waals surface area contributed by atoms with Crippen LogP contribution >= 0.6 is 0 Å². The summed E-state index contributed by atoms with van der Waals surface area (Å²) in [5, 5.41) is 0.